The first-order valence-electron chi connectivity index (χ1n) is 8.17. The Morgan fingerprint density at radius 2 is 1.96 bits per heavy atom. The van der Waals surface area contributed by atoms with Gasteiger partial charge in [0.05, 0.1) is 0 Å². The molecule has 1 heterocycles. The number of aliphatic carboxylic acids is 1. The number of allylic oxidation sites excluding steroid dienone is 2. The highest BCUT2D eigenvalue weighted by atomic mass is 16.4. The van der Waals surface area contributed by atoms with Crippen LogP contribution in [-0.4, -0.2) is 40.5 Å². The van der Waals surface area contributed by atoms with E-state index < -0.39 is 11.5 Å². The number of unbranched alkanes of at least 4 members (excludes halogenated alkanes) is 1. The van der Waals surface area contributed by atoms with Gasteiger partial charge in [-0.1, -0.05) is 51.2 Å². The van der Waals surface area contributed by atoms with Crippen LogP contribution in [0.15, 0.2) is 37.0 Å². The highest BCUT2D eigenvalue weighted by molar-refractivity contribution is 5.96. The third-order valence-electron chi connectivity index (χ3n) is 4.62. The lowest BCUT2D eigenvalue weighted by Crippen LogP contribution is -2.57. The molecule has 0 aromatic carbocycles. The average molecular weight is 320 g/mol. The van der Waals surface area contributed by atoms with Crippen molar-refractivity contribution in [1.82, 2.24) is 4.90 Å². The van der Waals surface area contributed by atoms with Gasteiger partial charge in [-0.15, -0.1) is 0 Å². The van der Waals surface area contributed by atoms with E-state index in [1.165, 1.54) is 6.08 Å². The molecule has 1 rings (SSSR count). The van der Waals surface area contributed by atoms with Crippen LogP contribution in [0.5, 0.6) is 0 Å². The summed E-state index contributed by atoms with van der Waals surface area (Å²) in [7, 11) is 0. The minimum atomic E-state index is -1.19. The van der Waals surface area contributed by atoms with Crippen LogP contribution >= 0.6 is 0 Å². The number of piperidine rings is 1. The maximum atomic E-state index is 12.4. The number of hydrogen-bond donors (Lipinski definition) is 2. The Hall–Kier alpha value is -1.88. The molecule has 5 heteroatoms. The fourth-order valence-corrected chi connectivity index (χ4v) is 3.09. The third-order valence-corrected chi connectivity index (χ3v) is 4.62. The summed E-state index contributed by atoms with van der Waals surface area (Å²) in [6, 6.07) is 0. The van der Waals surface area contributed by atoms with Gasteiger partial charge in [0.2, 0.25) is 0 Å². The number of rotatable bonds is 8. The Kier molecular flexibility index (Phi) is 7.23. The Balaban J connectivity index is 2.75. The number of amides is 1. The van der Waals surface area contributed by atoms with Gasteiger partial charge in [0, 0.05) is 18.7 Å². The molecular weight excluding hydrogens is 292 g/mol. The SMILES string of the molecule is C=C/C=C(\C=C)C(=O)N1CCC(C(N)(CCCC)C(=O)O)CC1. The molecule has 1 unspecified atom stereocenters. The van der Waals surface area contributed by atoms with Crippen LogP contribution in [0.1, 0.15) is 39.0 Å². The van der Waals surface area contributed by atoms with E-state index in [0.717, 1.165) is 12.8 Å². The van der Waals surface area contributed by atoms with E-state index in [9.17, 15) is 14.7 Å². The predicted molar refractivity (Wildman–Crippen MR) is 91.9 cm³/mol. The van der Waals surface area contributed by atoms with E-state index in [0.29, 0.717) is 37.9 Å². The molecule has 0 bridgehead atoms. The molecule has 23 heavy (non-hydrogen) atoms. The van der Waals surface area contributed by atoms with Crippen LogP contribution in [0, 0.1) is 5.92 Å². The van der Waals surface area contributed by atoms with Crippen molar-refractivity contribution in [2.24, 2.45) is 11.7 Å². The normalized spacial score (nSPS) is 19.0. The number of likely N-dealkylation sites (tertiary alicyclic amines) is 1. The van der Waals surface area contributed by atoms with Gasteiger partial charge >= 0.3 is 5.97 Å². The fraction of sp³-hybridized carbons (Fsp3) is 0.556. The van der Waals surface area contributed by atoms with Crippen molar-refractivity contribution in [3.63, 3.8) is 0 Å². The highest BCUT2D eigenvalue weighted by Gasteiger charge is 2.43. The number of carboxylic acid groups (broad SMARTS) is 1. The minimum Gasteiger partial charge on any atom is -0.480 e. The first-order chi connectivity index (χ1) is 10.9. The molecule has 0 spiro atoms. The summed E-state index contributed by atoms with van der Waals surface area (Å²) in [6.07, 6.45) is 8.11. The van der Waals surface area contributed by atoms with Crippen molar-refractivity contribution < 1.29 is 14.7 Å². The molecule has 1 aliphatic rings. The minimum absolute atomic E-state index is 0.0927. The second-order valence-corrected chi connectivity index (χ2v) is 6.08. The monoisotopic (exact) mass is 320 g/mol. The first-order valence-corrected chi connectivity index (χ1v) is 8.17. The van der Waals surface area contributed by atoms with Crippen molar-refractivity contribution in [3.8, 4) is 0 Å². The molecule has 5 nitrogen and oxygen atoms in total. The summed E-state index contributed by atoms with van der Waals surface area (Å²) >= 11 is 0. The van der Waals surface area contributed by atoms with E-state index >= 15 is 0 Å². The van der Waals surface area contributed by atoms with Gasteiger partial charge in [0.1, 0.15) is 5.54 Å². The van der Waals surface area contributed by atoms with Gasteiger partial charge in [0.25, 0.3) is 5.91 Å². The van der Waals surface area contributed by atoms with E-state index in [1.54, 1.807) is 17.1 Å². The zero-order valence-corrected chi connectivity index (χ0v) is 14.0. The molecule has 128 valence electrons. The molecule has 1 saturated heterocycles. The van der Waals surface area contributed by atoms with Crippen LogP contribution in [0.4, 0.5) is 0 Å². The quantitative estimate of drug-likeness (QED) is 0.531. The lowest BCUT2D eigenvalue weighted by molar-refractivity contribution is -0.147. The molecule has 0 radical (unpaired) electrons. The van der Waals surface area contributed by atoms with Crippen molar-refractivity contribution in [2.45, 2.75) is 44.6 Å². The fourth-order valence-electron chi connectivity index (χ4n) is 3.09. The second-order valence-electron chi connectivity index (χ2n) is 6.08. The topological polar surface area (TPSA) is 83.6 Å². The molecule has 0 aliphatic carbocycles. The van der Waals surface area contributed by atoms with Gasteiger partial charge < -0.3 is 15.7 Å². The van der Waals surface area contributed by atoms with E-state index in [4.69, 9.17) is 5.73 Å². The first kappa shape index (κ1) is 19.2. The van der Waals surface area contributed by atoms with E-state index in [2.05, 4.69) is 13.2 Å². The van der Waals surface area contributed by atoms with Gasteiger partial charge in [-0.05, 0) is 25.2 Å². The molecule has 0 aromatic heterocycles. The number of carbonyl (C=O) groups excluding carboxylic acids is 1. The number of hydrogen-bond acceptors (Lipinski definition) is 3. The lowest BCUT2D eigenvalue weighted by Gasteiger charge is -2.40. The van der Waals surface area contributed by atoms with Gasteiger partial charge in [0.15, 0.2) is 0 Å². The summed E-state index contributed by atoms with van der Waals surface area (Å²) < 4.78 is 0. The Bertz CT molecular complexity index is 490. The molecule has 0 aromatic rings. The molecule has 1 amide bonds. The standard InChI is InChI=1S/C18H28N2O3/c1-4-7-11-18(19,17(22)23)15-9-12-20(13-10-15)16(21)14(6-3)8-5-2/h5-6,8,15H,2-4,7,9-13,19H2,1H3,(H,22,23)/b14-8+. The van der Waals surface area contributed by atoms with Crippen LogP contribution in [-0.2, 0) is 9.59 Å². The second kappa shape index (κ2) is 8.67. The summed E-state index contributed by atoms with van der Waals surface area (Å²) in [4.78, 5) is 25.7. The lowest BCUT2D eigenvalue weighted by atomic mass is 9.75. The zero-order chi connectivity index (χ0) is 17.5. The van der Waals surface area contributed by atoms with E-state index in [1.807, 2.05) is 6.92 Å². The van der Waals surface area contributed by atoms with Crippen molar-refractivity contribution >= 4 is 11.9 Å². The van der Waals surface area contributed by atoms with Crippen molar-refractivity contribution in [1.29, 1.82) is 0 Å². The molecule has 0 saturated carbocycles. The Morgan fingerprint density at radius 3 is 2.39 bits per heavy atom. The summed E-state index contributed by atoms with van der Waals surface area (Å²) in [5.41, 5.74) is 5.52. The van der Waals surface area contributed by atoms with Gasteiger partial charge in [-0.25, -0.2) is 0 Å². The maximum Gasteiger partial charge on any atom is 0.323 e. The summed E-state index contributed by atoms with van der Waals surface area (Å²) in [6.45, 7) is 10.3. The van der Waals surface area contributed by atoms with Crippen LogP contribution < -0.4 is 5.73 Å². The Labute approximate surface area is 138 Å². The van der Waals surface area contributed by atoms with Crippen LogP contribution in [0.3, 0.4) is 0 Å². The molecule has 1 fully saturated rings. The van der Waals surface area contributed by atoms with Gasteiger partial charge in [-0.3, -0.25) is 9.59 Å². The molecular formula is C18H28N2O3. The largest absolute Gasteiger partial charge is 0.480 e. The highest BCUT2D eigenvalue weighted by Crippen LogP contribution is 2.31. The number of nitrogens with zero attached hydrogens (tertiary/aromatic N) is 1. The number of carbonyl (C=O) groups is 2. The van der Waals surface area contributed by atoms with Crippen molar-refractivity contribution in [2.75, 3.05) is 13.1 Å². The zero-order valence-electron chi connectivity index (χ0n) is 14.0. The summed E-state index contributed by atoms with van der Waals surface area (Å²) in [5.74, 6) is -1.13. The van der Waals surface area contributed by atoms with Crippen LogP contribution in [0.2, 0.25) is 0 Å². The van der Waals surface area contributed by atoms with Crippen LogP contribution in [0.25, 0.3) is 0 Å². The number of carboxylic acids is 1. The van der Waals surface area contributed by atoms with Crippen molar-refractivity contribution in [3.05, 3.63) is 37.0 Å². The molecule has 3 N–H and O–H groups in total. The third kappa shape index (κ3) is 4.55. The Morgan fingerprint density at radius 1 is 1.35 bits per heavy atom. The predicted octanol–water partition coefficient (Wildman–Crippen LogP) is 2.50. The van der Waals surface area contributed by atoms with E-state index in [-0.39, 0.29) is 11.8 Å². The molecule has 1 atom stereocenters. The number of nitrogens with two attached hydrogens (primary N) is 1. The summed E-state index contributed by atoms with van der Waals surface area (Å²) in [5, 5.41) is 9.54. The maximum absolute atomic E-state index is 12.4. The van der Waals surface area contributed by atoms with Gasteiger partial charge in [-0.2, -0.15) is 0 Å². The molecule has 1 aliphatic heterocycles. The average Bonchev–Trinajstić information content (AvgIpc) is 2.56. The smallest absolute Gasteiger partial charge is 0.323 e.